The lowest BCUT2D eigenvalue weighted by Gasteiger charge is -2.18. The molecule has 1 aliphatic rings. The quantitative estimate of drug-likeness (QED) is 0.601. The largest absolute Gasteiger partial charge is 0.197 e. The summed E-state index contributed by atoms with van der Waals surface area (Å²) in [6.07, 6.45) is 2.11. The first-order valence-electron chi connectivity index (χ1n) is 6.13. The molecule has 0 bridgehead atoms. The average Bonchev–Trinajstić information content (AvgIpc) is 2.78. The lowest BCUT2D eigenvalue weighted by molar-refractivity contribution is 0.843. The molecule has 0 aliphatic heterocycles. The van der Waals surface area contributed by atoms with Crippen LogP contribution in [-0.2, 0) is 12.8 Å². The van der Waals surface area contributed by atoms with Crippen LogP contribution < -0.4 is 0 Å². The SMILES string of the molecule is Cc1nnc2cc3c(nn12)-c1ccccc1CC3. The molecule has 88 valence electrons. The van der Waals surface area contributed by atoms with Crippen LogP contribution in [0, 0.1) is 6.92 Å². The predicted octanol–water partition coefficient (Wildman–Crippen LogP) is 2.20. The zero-order valence-electron chi connectivity index (χ0n) is 10.1. The molecule has 0 saturated carbocycles. The Bertz CT molecular complexity index is 758. The minimum atomic E-state index is 0.829. The van der Waals surface area contributed by atoms with Crippen molar-refractivity contribution in [1.82, 2.24) is 19.8 Å². The second kappa shape index (κ2) is 3.38. The van der Waals surface area contributed by atoms with Crippen LogP contribution in [0.3, 0.4) is 0 Å². The fourth-order valence-electron chi connectivity index (χ4n) is 2.63. The monoisotopic (exact) mass is 236 g/mol. The van der Waals surface area contributed by atoms with Gasteiger partial charge in [-0.1, -0.05) is 24.3 Å². The van der Waals surface area contributed by atoms with E-state index in [2.05, 4.69) is 40.5 Å². The minimum absolute atomic E-state index is 0.829. The summed E-state index contributed by atoms with van der Waals surface area (Å²) >= 11 is 0. The Morgan fingerprint density at radius 3 is 2.83 bits per heavy atom. The van der Waals surface area contributed by atoms with Crippen LogP contribution in [0.4, 0.5) is 0 Å². The van der Waals surface area contributed by atoms with Gasteiger partial charge in [0.1, 0.15) is 0 Å². The van der Waals surface area contributed by atoms with Gasteiger partial charge in [0, 0.05) is 5.56 Å². The summed E-state index contributed by atoms with van der Waals surface area (Å²) in [6.45, 7) is 1.92. The van der Waals surface area contributed by atoms with Gasteiger partial charge in [0.2, 0.25) is 0 Å². The molecule has 4 rings (SSSR count). The van der Waals surface area contributed by atoms with Crippen LogP contribution in [-0.4, -0.2) is 19.8 Å². The van der Waals surface area contributed by atoms with Gasteiger partial charge in [0.05, 0.1) is 5.69 Å². The molecule has 2 aromatic heterocycles. The molecule has 4 nitrogen and oxygen atoms in total. The van der Waals surface area contributed by atoms with Crippen molar-refractivity contribution in [3.05, 3.63) is 47.3 Å². The fraction of sp³-hybridized carbons (Fsp3) is 0.214. The van der Waals surface area contributed by atoms with E-state index in [1.54, 1.807) is 0 Å². The highest BCUT2D eigenvalue weighted by Crippen LogP contribution is 2.31. The van der Waals surface area contributed by atoms with Crippen molar-refractivity contribution < 1.29 is 0 Å². The van der Waals surface area contributed by atoms with Crippen LogP contribution in [0.15, 0.2) is 30.3 Å². The highest BCUT2D eigenvalue weighted by atomic mass is 15.4. The molecular weight excluding hydrogens is 224 g/mol. The van der Waals surface area contributed by atoms with E-state index in [4.69, 9.17) is 5.10 Å². The van der Waals surface area contributed by atoms with Crippen molar-refractivity contribution in [3.63, 3.8) is 0 Å². The van der Waals surface area contributed by atoms with E-state index < -0.39 is 0 Å². The number of rotatable bonds is 0. The van der Waals surface area contributed by atoms with Crippen molar-refractivity contribution >= 4 is 5.65 Å². The summed E-state index contributed by atoms with van der Waals surface area (Å²) in [4.78, 5) is 0. The average molecular weight is 236 g/mol. The van der Waals surface area contributed by atoms with Gasteiger partial charge in [0.25, 0.3) is 0 Å². The van der Waals surface area contributed by atoms with Gasteiger partial charge >= 0.3 is 0 Å². The molecule has 0 radical (unpaired) electrons. The topological polar surface area (TPSA) is 43.1 Å². The number of aryl methyl sites for hydroxylation is 3. The van der Waals surface area contributed by atoms with Crippen molar-refractivity contribution in [2.24, 2.45) is 0 Å². The Morgan fingerprint density at radius 2 is 1.89 bits per heavy atom. The van der Waals surface area contributed by atoms with E-state index >= 15 is 0 Å². The number of nitrogens with zero attached hydrogens (tertiary/aromatic N) is 4. The molecule has 0 N–H and O–H groups in total. The normalized spacial score (nSPS) is 13.4. The minimum Gasteiger partial charge on any atom is -0.197 e. The molecule has 0 fully saturated rings. The number of hydrogen-bond donors (Lipinski definition) is 0. The zero-order valence-corrected chi connectivity index (χ0v) is 10.1. The number of hydrogen-bond acceptors (Lipinski definition) is 3. The van der Waals surface area contributed by atoms with E-state index in [-0.39, 0.29) is 0 Å². The lowest BCUT2D eigenvalue weighted by Crippen LogP contribution is -2.09. The predicted molar refractivity (Wildman–Crippen MR) is 68.4 cm³/mol. The van der Waals surface area contributed by atoms with Crippen molar-refractivity contribution in [2.75, 3.05) is 0 Å². The molecule has 2 heterocycles. The van der Waals surface area contributed by atoms with E-state index in [1.807, 2.05) is 11.4 Å². The highest BCUT2D eigenvalue weighted by molar-refractivity contribution is 5.70. The Morgan fingerprint density at radius 1 is 1.06 bits per heavy atom. The van der Waals surface area contributed by atoms with Crippen LogP contribution in [0.2, 0.25) is 0 Å². The highest BCUT2D eigenvalue weighted by Gasteiger charge is 2.18. The maximum atomic E-state index is 4.71. The summed E-state index contributed by atoms with van der Waals surface area (Å²) in [5, 5.41) is 12.9. The second-order valence-electron chi connectivity index (χ2n) is 4.69. The van der Waals surface area contributed by atoms with Gasteiger partial charge in [-0.3, -0.25) is 0 Å². The van der Waals surface area contributed by atoms with Gasteiger partial charge in [0.15, 0.2) is 11.5 Å². The molecular formula is C14H12N4. The van der Waals surface area contributed by atoms with Crippen LogP contribution >= 0.6 is 0 Å². The van der Waals surface area contributed by atoms with E-state index in [0.29, 0.717) is 0 Å². The first kappa shape index (κ1) is 9.76. The van der Waals surface area contributed by atoms with Crippen molar-refractivity contribution in [2.45, 2.75) is 19.8 Å². The second-order valence-corrected chi connectivity index (χ2v) is 4.69. The fourth-order valence-corrected chi connectivity index (χ4v) is 2.63. The van der Waals surface area contributed by atoms with Gasteiger partial charge in [-0.25, -0.2) is 0 Å². The van der Waals surface area contributed by atoms with Gasteiger partial charge in [-0.15, -0.1) is 10.2 Å². The Labute approximate surface area is 104 Å². The first-order chi connectivity index (χ1) is 8.83. The van der Waals surface area contributed by atoms with Crippen molar-refractivity contribution in [1.29, 1.82) is 0 Å². The van der Waals surface area contributed by atoms with Gasteiger partial charge < -0.3 is 0 Å². The standard InChI is InChI=1S/C14H12N4/c1-9-15-16-13-8-11-7-6-10-4-2-3-5-12(10)14(11)17-18(9)13/h2-5,8H,6-7H2,1H3. The Balaban J connectivity index is 2.08. The summed E-state index contributed by atoms with van der Waals surface area (Å²) in [7, 11) is 0. The molecule has 4 heteroatoms. The van der Waals surface area contributed by atoms with E-state index in [0.717, 1.165) is 30.0 Å². The first-order valence-corrected chi connectivity index (χ1v) is 6.13. The van der Waals surface area contributed by atoms with Crippen molar-refractivity contribution in [3.8, 4) is 11.3 Å². The number of aromatic nitrogens is 4. The summed E-state index contributed by atoms with van der Waals surface area (Å²) < 4.78 is 1.82. The molecule has 1 aliphatic carbocycles. The molecule has 0 amide bonds. The smallest absolute Gasteiger partial charge is 0.178 e. The molecule has 0 atom stereocenters. The third-order valence-electron chi connectivity index (χ3n) is 3.56. The van der Waals surface area contributed by atoms with E-state index in [1.165, 1.54) is 16.7 Å². The van der Waals surface area contributed by atoms with E-state index in [9.17, 15) is 0 Å². The summed E-state index contributed by atoms with van der Waals surface area (Å²) in [5.74, 6) is 0.829. The third-order valence-corrected chi connectivity index (χ3v) is 3.56. The number of fused-ring (bicyclic) bond motifs is 4. The molecule has 1 aromatic carbocycles. The van der Waals surface area contributed by atoms with Crippen LogP contribution in [0.1, 0.15) is 17.0 Å². The Hall–Kier alpha value is -2.23. The summed E-state index contributed by atoms with van der Waals surface area (Å²) in [5.41, 5.74) is 5.81. The molecule has 0 spiro atoms. The summed E-state index contributed by atoms with van der Waals surface area (Å²) in [6, 6.07) is 10.6. The van der Waals surface area contributed by atoms with Crippen LogP contribution in [0.25, 0.3) is 16.9 Å². The molecule has 0 unspecified atom stereocenters. The van der Waals surface area contributed by atoms with Crippen LogP contribution in [0.5, 0.6) is 0 Å². The van der Waals surface area contributed by atoms with Gasteiger partial charge in [-0.05, 0) is 37.0 Å². The maximum absolute atomic E-state index is 4.71. The zero-order chi connectivity index (χ0) is 12.1. The molecule has 18 heavy (non-hydrogen) atoms. The maximum Gasteiger partial charge on any atom is 0.178 e. The third kappa shape index (κ3) is 1.23. The van der Waals surface area contributed by atoms with Gasteiger partial charge in [-0.2, -0.15) is 9.61 Å². The molecule has 3 aromatic rings. The lowest BCUT2D eigenvalue weighted by atomic mass is 9.89. The molecule has 0 saturated heterocycles. The Kier molecular flexibility index (Phi) is 1.84. The number of benzene rings is 1.